The molecule has 1 heterocycles. The summed E-state index contributed by atoms with van der Waals surface area (Å²) in [6.07, 6.45) is 4.14. The standard InChI is InChI=1S/C11H15ClF2N2/c12-10-7-9(11(13)14)15-16(10)8-5-3-1-2-4-6-8/h7-8,11H,1-6H2. The highest BCUT2D eigenvalue weighted by Gasteiger charge is 2.21. The number of aromatic nitrogens is 2. The molecule has 0 aliphatic heterocycles. The third-order valence-corrected chi connectivity index (χ3v) is 3.39. The summed E-state index contributed by atoms with van der Waals surface area (Å²) < 4.78 is 26.5. The first-order valence-electron chi connectivity index (χ1n) is 5.71. The van der Waals surface area contributed by atoms with Crippen molar-refractivity contribution < 1.29 is 8.78 Å². The average molecular weight is 249 g/mol. The second-order valence-electron chi connectivity index (χ2n) is 4.28. The molecule has 0 unspecified atom stereocenters. The topological polar surface area (TPSA) is 17.8 Å². The van der Waals surface area contributed by atoms with Crippen LogP contribution < -0.4 is 0 Å². The maximum Gasteiger partial charge on any atom is 0.282 e. The molecule has 5 heteroatoms. The zero-order valence-corrected chi connectivity index (χ0v) is 9.76. The maximum atomic E-state index is 12.5. The van der Waals surface area contributed by atoms with Crippen molar-refractivity contribution in [2.75, 3.05) is 0 Å². The molecule has 0 aromatic carbocycles. The molecule has 0 saturated heterocycles. The third-order valence-electron chi connectivity index (χ3n) is 3.10. The minimum absolute atomic E-state index is 0.197. The van der Waals surface area contributed by atoms with Gasteiger partial charge < -0.3 is 0 Å². The molecule has 0 bridgehead atoms. The molecule has 0 N–H and O–H groups in total. The van der Waals surface area contributed by atoms with Crippen molar-refractivity contribution >= 4 is 11.6 Å². The molecule has 90 valence electrons. The fraction of sp³-hybridized carbons (Fsp3) is 0.727. The molecule has 1 saturated carbocycles. The Hall–Kier alpha value is -0.640. The first-order chi connectivity index (χ1) is 7.68. The number of alkyl halides is 2. The Morgan fingerprint density at radius 1 is 1.25 bits per heavy atom. The van der Waals surface area contributed by atoms with Crippen LogP contribution in [-0.4, -0.2) is 9.78 Å². The van der Waals surface area contributed by atoms with Crippen LogP contribution >= 0.6 is 11.6 Å². The van der Waals surface area contributed by atoms with Crippen molar-refractivity contribution in [3.05, 3.63) is 16.9 Å². The molecule has 1 aromatic rings. The van der Waals surface area contributed by atoms with Crippen LogP contribution in [0.25, 0.3) is 0 Å². The lowest BCUT2D eigenvalue weighted by Crippen LogP contribution is -2.10. The van der Waals surface area contributed by atoms with Gasteiger partial charge in [0.2, 0.25) is 0 Å². The van der Waals surface area contributed by atoms with Crippen molar-refractivity contribution in [1.82, 2.24) is 9.78 Å². The van der Waals surface area contributed by atoms with Gasteiger partial charge in [-0.05, 0) is 12.8 Å². The maximum absolute atomic E-state index is 12.5. The van der Waals surface area contributed by atoms with Crippen LogP contribution in [0.3, 0.4) is 0 Å². The molecule has 0 spiro atoms. The van der Waals surface area contributed by atoms with Gasteiger partial charge in [0.15, 0.2) is 0 Å². The quantitative estimate of drug-likeness (QED) is 0.711. The van der Waals surface area contributed by atoms with E-state index in [1.807, 2.05) is 0 Å². The molecule has 2 nitrogen and oxygen atoms in total. The monoisotopic (exact) mass is 248 g/mol. The van der Waals surface area contributed by atoms with Crippen LogP contribution in [0.5, 0.6) is 0 Å². The molecule has 0 radical (unpaired) electrons. The summed E-state index contributed by atoms with van der Waals surface area (Å²) in [5, 5.41) is 4.24. The van der Waals surface area contributed by atoms with E-state index >= 15 is 0 Å². The van der Waals surface area contributed by atoms with Gasteiger partial charge in [-0.2, -0.15) is 5.10 Å². The lowest BCUT2D eigenvalue weighted by Gasteiger charge is -2.15. The van der Waals surface area contributed by atoms with Crippen molar-refractivity contribution in [1.29, 1.82) is 0 Å². The summed E-state index contributed by atoms with van der Waals surface area (Å²) >= 11 is 5.94. The highest BCUT2D eigenvalue weighted by molar-refractivity contribution is 6.29. The SMILES string of the molecule is FC(F)c1cc(Cl)n(C2CCCCCC2)n1. The number of hydrogen-bond acceptors (Lipinski definition) is 1. The third kappa shape index (κ3) is 2.54. The Morgan fingerprint density at radius 2 is 1.88 bits per heavy atom. The average Bonchev–Trinajstić information content (AvgIpc) is 2.50. The molecular weight excluding hydrogens is 234 g/mol. The lowest BCUT2D eigenvalue weighted by atomic mass is 10.1. The summed E-state index contributed by atoms with van der Waals surface area (Å²) in [6.45, 7) is 0. The lowest BCUT2D eigenvalue weighted by molar-refractivity contribution is 0.144. The van der Waals surface area contributed by atoms with Gasteiger partial charge in [0.25, 0.3) is 6.43 Å². The predicted octanol–water partition coefficient (Wildman–Crippen LogP) is 4.37. The van der Waals surface area contributed by atoms with Crippen molar-refractivity contribution in [2.45, 2.75) is 51.0 Å². The van der Waals surface area contributed by atoms with E-state index < -0.39 is 6.43 Å². The minimum atomic E-state index is -2.54. The Kier molecular flexibility index (Phi) is 3.79. The van der Waals surface area contributed by atoms with Gasteiger partial charge in [0.1, 0.15) is 10.8 Å². The van der Waals surface area contributed by atoms with Crippen LogP contribution in [0.1, 0.15) is 56.7 Å². The van der Waals surface area contributed by atoms with E-state index in [9.17, 15) is 8.78 Å². The Labute approximate surface area is 98.6 Å². The number of nitrogens with zero attached hydrogens (tertiary/aromatic N) is 2. The fourth-order valence-electron chi connectivity index (χ4n) is 2.25. The summed E-state index contributed by atoms with van der Waals surface area (Å²) in [5.41, 5.74) is -0.214. The van der Waals surface area contributed by atoms with Gasteiger partial charge in [-0.25, -0.2) is 8.78 Å². The second kappa shape index (κ2) is 5.13. The van der Waals surface area contributed by atoms with Crippen molar-refractivity contribution in [2.24, 2.45) is 0 Å². The van der Waals surface area contributed by atoms with E-state index in [0.29, 0.717) is 5.15 Å². The van der Waals surface area contributed by atoms with E-state index in [2.05, 4.69) is 5.10 Å². The Morgan fingerprint density at radius 3 is 2.38 bits per heavy atom. The Balaban J connectivity index is 2.17. The minimum Gasteiger partial charge on any atom is -0.251 e. The van der Waals surface area contributed by atoms with Crippen molar-refractivity contribution in [3.8, 4) is 0 Å². The summed E-state index contributed by atoms with van der Waals surface area (Å²) in [7, 11) is 0. The smallest absolute Gasteiger partial charge is 0.251 e. The van der Waals surface area contributed by atoms with Crippen LogP contribution in [0.4, 0.5) is 8.78 Å². The molecule has 1 fully saturated rings. The largest absolute Gasteiger partial charge is 0.282 e. The van der Waals surface area contributed by atoms with Gasteiger partial charge in [0.05, 0.1) is 6.04 Å². The van der Waals surface area contributed by atoms with E-state index in [0.717, 1.165) is 25.7 Å². The van der Waals surface area contributed by atoms with Gasteiger partial charge in [-0.1, -0.05) is 37.3 Å². The van der Waals surface area contributed by atoms with E-state index in [1.165, 1.54) is 18.9 Å². The zero-order valence-electron chi connectivity index (χ0n) is 9.00. The van der Waals surface area contributed by atoms with Gasteiger partial charge in [-0.3, -0.25) is 4.68 Å². The van der Waals surface area contributed by atoms with Crippen LogP contribution in [0.2, 0.25) is 5.15 Å². The zero-order chi connectivity index (χ0) is 11.5. The molecule has 0 amide bonds. The highest BCUT2D eigenvalue weighted by Crippen LogP contribution is 2.31. The number of halogens is 3. The summed E-state index contributed by atoms with van der Waals surface area (Å²) in [5.74, 6) is 0. The first kappa shape index (κ1) is 11.8. The highest BCUT2D eigenvalue weighted by atomic mass is 35.5. The number of rotatable bonds is 2. The first-order valence-corrected chi connectivity index (χ1v) is 6.09. The summed E-state index contributed by atoms with van der Waals surface area (Å²) in [4.78, 5) is 0. The molecule has 1 aromatic heterocycles. The van der Waals surface area contributed by atoms with E-state index in [1.54, 1.807) is 4.68 Å². The van der Waals surface area contributed by atoms with Crippen LogP contribution in [0.15, 0.2) is 6.07 Å². The van der Waals surface area contributed by atoms with Gasteiger partial charge in [0, 0.05) is 6.07 Å². The number of hydrogen-bond donors (Lipinski definition) is 0. The molecule has 16 heavy (non-hydrogen) atoms. The van der Waals surface area contributed by atoms with Crippen LogP contribution in [0, 0.1) is 0 Å². The molecule has 2 rings (SSSR count). The Bertz CT molecular complexity index is 344. The van der Waals surface area contributed by atoms with Crippen molar-refractivity contribution in [3.63, 3.8) is 0 Å². The molecule has 1 aliphatic carbocycles. The molecule has 1 aliphatic rings. The van der Waals surface area contributed by atoms with Crippen LogP contribution in [-0.2, 0) is 0 Å². The van der Waals surface area contributed by atoms with Gasteiger partial charge >= 0.3 is 0 Å². The second-order valence-corrected chi connectivity index (χ2v) is 4.67. The predicted molar refractivity (Wildman–Crippen MR) is 58.9 cm³/mol. The molecular formula is C11H15ClF2N2. The summed E-state index contributed by atoms with van der Waals surface area (Å²) in [6, 6.07) is 1.47. The van der Waals surface area contributed by atoms with E-state index in [-0.39, 0.29) is 11.7 Å². The fourth-order valence-corrected chi connectivity index (χ4v) is 2.54. The normalized spacial score (nSPS) is 19.0. The van der Waals surface area contributed by atoms with Gasteiger partial charge in [-0.15, -0.1) is 0 Å². The van der Waals surface area contributed by atoms with E-state index in [4.69, 9.17) is 11.6 Å². The molecule has 0 atom stereocenters.